The molecule has 0 rings (SSSR count). The molecule has 0 unspecified atom stereocenters. The van der Waals surface area contributed by atoms with Crippen molar-refractivity contribution in [2.24, 2.45) is 0 Å². The van der Waals surface area contributed by atoms with Gasteiger partial charge < -0.3 is 28.9 Å². The van der Waals surface area contributed by atoms with Crippen LogP contribution in [-0.2, 0) is 0 Å². The third-order valence-electron chi connectivity index (χ3n) is 6.15. The molecule has 0 bridgehead atoms. The highest BCUT2D eigenvalue weighted by atomic mass is 127. The van der Waals surface area contributed by atoms with Crippen molar-refractivity contribution in [1.82, 2.24) is 0 Å². The highest BCUT2D eigenvalue weighted by Crippen LogP contribution is 2.13. The third kappa shape index (κ3) is 24.7. The van der Waals surface area contributed by atoms with E-state index in [-0.39, 0.29) is 24.0 Å². The quantitative estimate of drug-likeness (QED) is 0.150. The second kappa shape index (κ2) is 27.7. The van der Waals surface area contributed by atoms with Crippen molar-refractivity contribution in [2.45, 2.75) is 149 Å². The second-order valence-electron chi connectivity index (χ2n) is 9.01. The molecule has 172 valence electrons. The smallest absolute Gasteiger partial charge is 0.0770 e. The Labute approximate surface area is 197 Å². The van der Waals surface area contributed by atoms with Gasteiger partial charge in [-0.3, -0.25) is 0 Å². The Morgan fingerprint density at radius 1 is 0.321 bits per heavy atom. The molecule has 0 aliphatic rings. The minimum Gasteiger partial charge on any atom is -1.00 e. The predicted octanol–water partition coefficient (Wildman–Crippen LogP) is 4.74. The molecule has 0 aliphatic carbocycles. The fourth-order valence-electron chi connectivity index (χ4n) is 4.15. The van der Waals surface area contributed by atoms with Crippen molar-refractivity contribution >= 4 is 0 Å². The summed E-state index contributed by atoms with van der Waals surface area (Å²) in [5.41, 5.74) is 0. The molecule has 0 radical (unpaired) electrons. The van der Waals surface area contributed by atoms with Crippen molar-refractivity contribution in [2.75, 3.05) is 19.6 Å². The van der Waals surface area contributed by atoms with Crippen LogP contribution in [0.5, 0.6) is 0 Å². The number of halogens is 1. The molecule has 0 saturated heterocycles. The molecule has 0 amide bonds. The fraction of sp³-hybridized carbons (Fsp3) is 1.00. The average Bonchev–Trinajstić information content (AvgIpc) is 2.69. The third-order valence-corrected chi connectivity index (χ3v) is 6.15. The summed E-state index contributed by atoms with van der Waals surface area (Å²) in [5.74, 6) is 0. The van der Waals surface area contributed by atoms with E-state index in [1.807, 2.05) is 4.90 Å². The van der Waals surface area contributed by atoms with E-state index in [0.717, 1.165) is 0 Å². The molecule has 0 fully saturated rings. The Kier molecular flexibility index (Phi) is 30.5. The van der Waals surface area contributed by atoms with Crippen molar-refractivity contribution in [3.8, 4) is 0 Å². The van der Waals surface area contributed by atoms with Crippen LogP contribution >= 0.6 is 0 Å². The van der Waals surface area contributed by atoms with Crippen LogP contribution in [-0.4, -0.2) is 19.6 Å². The first kappa shape index (κ1) is 30.9. The highest BCUT2D eigenvalue weighted by Gasteiger charge is 2.06. The van der Waals surface area contributed by atoms with Crippen LogP contribution in [0.3, 0.4) is 0 Å². The zero-order valence-corrected chi connectivity index (χ0v) is 22.3. The van der Waals surface area contributed by atoms with Gasteiger partial charge in [0.25, 0.3) is 0 Å². The van der Waals surface area contributed by atoms with Gasteiger partial charge in [-0.25, -0.2) is 0 Å². The number of nitrogens with one attached hydrogen (secondary N) is 1. The van der Waals surface area contributed by atoms with Crippen molar-refractivity contribution < 1.29 is 28.9 Å². The SMILES string of the molecule is CCCCCCCCCCCCCCCCCC[NH+](CCCC)CCCC.[I-]. The minimum atomic E-state index is 0. The highest BCUT2D eigenvalue weighted by molar-refractivity contribution is 4.50. The van der Waals surface area contributed by atoms with Crippen LogP contribution in [0.15, 0.2) is 0 Å². The van der Waals surface area contributed by atoms with Gasteiger partial charge in [-0.1, -0.05) is 124 Å². The lowest BCUT2D eigenvalue weighted by Crippen LogP contribution is -3.12. The van der Waals surface area contributed by atoms with E-state index in [1.54, 1.807) is 0 Å². The lowest BCUT2D eigenvalue weighted by molar-refractivity contribution is -0.900. The standard InChI is InChI=1S/C26H55N.HI/c1-4-7-10-11-12-13-14-15-16-17-18-19-20-21-22-23-26-27(24-8-5-2)25-9-6-3;/h4-26H2,1-3H3;1H. The van der Waals surface area contributed by atoms with E-state index >= 15 is 0 Å². The zero-order chi connectivity index (χ0) is 19.8. The van der Waals surface area contributed by atoms with E-state index in [2.05, 4.69) is 20.8 Å². The molecular formula is C26H56IN. The molecule has 0 aromatic heterocycles. The molecule has 0 aliphatic heterocycles. The van der Waals surface area contributed by atoms with Crippen LogP contribution in [0.1, 0.15) is 149 Å². The summed E-state index contributed by atoms with van der Waals surface area (Å²) >= 11 is 0. The Bertz CT molecular complexity index is 249. The molecule has 0 spiro atoms. The van der Waals surface area contributed by atoms with Gasteiger partial charge in [0.15, 0.2) is 0 Å². The van der Waals surface area contributed by atoms with Crippen LogP contribution in [0.25, 0.3) is 0 Å². The summed E-state index contributed by atoms with van der Waals surface area (Å²) in [4.78, 5) is 1.88. The van der Waals surface area contributed by atoms with Gasteiger partial charge in [0, 0.05) is 0 Å². The summed E-state index contributed by atoms with van der Waals surface area (Å²) < 4.78 is 0. The van der Waals surface area contributed by atoms with Gasteiger partial charge in [-0.15, -0.1) is 0 Å². The number of unbranched alkanes of at least 4 members (excludes halogenated alkanes) is 17. The molecule has 0 aromatic carbocycles. The van der Waals surface area contributed by atoms with E-state index in [1.165, 1.54) is 148 Å². The molecule has 28 heavy (non-hydrogen) atoms. The summed E-state index contributed by atoms with van der Waals surface area (Å²) in [5, 5.41) is 0. The number of hydrogen-bond acceptors (Lipinski definition) is 0. The normalized spacial score (nSPS) is 11.1. The Balaban J connectivity index is 0. The van der Waals surface area contributed by atoms with Crippen molar-refractivity contribution in [3.63, 3.8) is 0 Å². The van der Waals surface area contributed by atoms with Crippen LogP contribution < -0.4 is 28.9 Å². The lowest BCUT2D eigenvalue weighted by atomic mass is 10.0. The van der Waals surface area contributed by atoms with Gasteiger partial charge in [0.1, 0.15) is 0 Å². The Morgan fingerprint density at radius 2 is 0.571 bits per heavy atom. The van der Waals surface area contributed by atoms with Gasteiger partial charge in [-0.05, 0) is 25.7 Å². The molecule has 0 saturated carbocycles. The monoisotopic (exact) mass is 509 g/mol. The molecule has 1 nitrogen and oxygen atoms in total. The molecule has 1 N–H and O–H groups in total. The predicted molar refractivity (Wildman–Crippen MR) is 125 cm³/mol. The van der Waals surface area contributed by atoms with Crippen LogP contribution in [0, 0.1) is 0 Å². The average molecular weight is 510 g/mol. The van der Waals surface area contributed by atoms with Gasteiger partial charge >= 0.3 is 0 Å². The Hall–Kier alpha value is 0.690. The van der Waals surface area contributed by atoms with E-state index in [4.69, 9.17) is 0 Å². The molecule has 0 heterocycles. The molecule has 0 aromatic rings. The topological polar surface area (TPSA) is 4.44 Å². The number of quaternary nitrogens is 1. The summed E-state index contributed by atoms with van der Waals surface area (Å²) in [7, 11) is 0. The number of hydrogen-bond donors (Lipinski definition) is 1. The summed E-state index contributed by atoms with van der Waals surface area (Å²) in [6.45, 7) is 11.2. The van der Waals surface area contributed by atoms with E-state index < -0.39 is 0 Å². The van der Waals surface area contributed by atoms with Crippen molar-refractivity contribution in [3.05, 3.63) is 0 Å². The zero-order valence-electron chi connectivity index (χ0n) is 20.1. The van der Waals surface area contributed by atoms with Crippen LogP contribution in [0.4, 0.5) is 0 Å². The first-order valence-electron chi connectivity index (χ1n) is 13.2. The van der Waals surface area contributed by atoms with Crippen molar-refractivity contribution in [1.29, 1.82) is 0 Å². The molecular weight excluding hydrogens is 453 g/mol. The van der Waals surface area contributed by atoms with Crippen LogP contribution in [0.2, 0.25) is 0 Å². The van der Waals surface area contributed by atoms with E-state index in [0.29, 0.717) is 0 Å². The lowest BCUT2D eigenvalue weighted by Gasteiger charge is -2.19. The van der Waals surface area contributed by atoms with E-state index in [9.17, 15) is 0 Å². The second-order valence-corrected chi connectivity index (χ2v) is 9.01. The number of rotatable bonds is 23. The molecule has 0 atom stereocenters. The summed E-state index contributed by atoms with van der Waals surface area (Å²) in [6, 6.07) is 0. The first-order chi connectivity index (χ1) is 13.3. The van der Waals surface area contributed by atoms with Gasteiger partial charge in [0.05, 0.1) is 19.6 Å². The maximum Gasteiger partial charge on any atom is 0.0770 e. The fourth-order valence-corrected chi connectivity index (χ4v) is 4.15. The summed E-state index contributed by atoms with van der Waals surface area (Å²) in [6.07, 6.45) is 29.1. The maximum atomic E-state index is 2.33. The maximum absolute atomic E-state index is 2.33. The van der Waals surface area contributed by atoms with Gasteiger partial charge in [-0.2, -0.15) is 0 Å². The van der Waals surface area contributed by atoms with Gasteiger partial charge in [0.2, 0.25) is 0 Å². The largest absolute Gasteiger partial charge is 1.00 e. The first-order valence-corrected chi connectivity index (χ1v) is 13.2. The minimum absolute atomic E-state index is 0. The molecule has 2 heteroatoms. The Morgan fingerprint density at radius 3 is 0.893 bits per heavy atom.